The second-order valence-corrected chi connectivity index (χ2v) is 4.82. The van der Waals surface area contributed by atoms with Crippen molar-refractivity contribution in [2.45, 2.75) is 25.8 Å². The van der Waals surface area contributed by atoms with Gasteiger partial charge in [0.25, 0.3) is 5.78 Å². The number of anilines is 1. The first kappa shape index (κ1) is 13.4. The van der Waals surface area contributed by atoms with Crippen molar-refractivity contribution < 1.29 is 0 Å². The minimum absolute atomic E-state index is 0.351. The van der Waals surface area contributed by atoms with E-state index in [2.05, 4.69) is 20.4 Å². The zero-order chi connectivity index (χ0) is 13.2. The van der Waals surface area contributed by atoms with E-state index in [1.807, 2.05) is 19.9 Å². The Morgan fingerprint density at radius 3 is 2.72 bits per heavy atom. The van der Waals surface area contributed by atoms with Crippen LogP contribution in [0.25, 0.3) is 5.78 Å². The van der Waals surface area contributed by atoms with E-state index in [0.29, 0.717) is 17.5 Å². The fourth-order valence-electron chi connectivity index (χ4n) is 1.67. The van der Waals surface area contributed by atoms with Gasteiger partial charge in [0, 0.05) is 23.5 Å². The molecule has 0 unspecified atom stereocenters. The van der Waals surface area contributed by atoms with E-state index in [9.17, 15) is 0 Å². The molecular weight excluding hydrogens is 273 g/mol. The summed E-state index contributed by atoms with van der Waals surface area (Å²) in [5.41, 5.74) is 0.516. The topological polar surface area (TPSA) is 55.1 Å². The molecule has 0 aliphatic carbocycles. The maximum absolute atomic E-state index is 6.03. The first-order valence-corrected chi connectivity index (χ1v) is 6.78. The van der Waals surface area contributed by atoms with Crippen LogP contribution >= 0.6 is 23.2 Å². The predicted molar refractivity (Wildman–Crippen MR) is 73.6 cm³/mol. The number of rotatable bonds is 5. The number of halogens is 2. The average molecular weight is 288 g/mol. The van der Waals surface area contributed by atoms with Gasteiger partial charge in [-0.15, -0.1) is 23.2 Å². The molecule has 0 atom stereocenters. The number of hydrogen-bond acceptors (Lipinski definition) is 4. The molecule has 0 saturated carbocycles. The zero-order valence-electron chi connectivity index (χ0n) is 10.3. The highest BCUT2D eigenvalue weighted by atomic mass is 35.5. The van der Waals surface area contributed by atoms with Crippen LogP contribution in [0.15, 0.2) is 12.4 Å². The molecule has 0 amide bonds. The Kier molecular flexibility index (Phi) is 3.92. The number of aromatic nitrogens is 4. The Balaban J connectivity index is 2.44. The molecule has 0 saturated heterocycles. The van der Waals surface area contributed by atoms with E-state index in [4.69, 9.17) is 23.2 Å². The van der Waals surface area contributed by atoms with Crippen molar-refractivity contribution in [2.75, 3.05) is 17.1 Å². The van der Waals surface area contributed by atoms with Gasteiger partial charge in [0.1, 0.15) is 12.1 Å². The Morgan fingerprint density at radius 1 is 1.39 bits per heavy atom. The van der Waals surface area contributed by atoms with E-state index in [1.165, 1.54) is 6.33 Å². The molecule has 0 radical (unpaired) electrons. The van der Waals surface area contributed by atoms with Crippen LogP contribution in [0.3, 0.4) is 0 Å². The lowest BCUT2D eigenvalue weighted by molar-refractivity contribution is 0.555. The fraction of sp³-hybridized carbons (Fsp3) is 0.545. The van der Waals surface area contributed by atoms with Gasteiger partial charge >= 0.3 is 0 Å². The van der Waals surface area contributed by atoms with Gasteiger partial charge in [-0.05, 0) is 13.3 Å². The number of fused-ring (bicyclic) bond motifs is 1. The summed E-state index contributed by atoms with van der Waals surface area (Å²) >= 11 is 12.1. The largest absolute Gasteiger partial charge is 0.362 e. The van der Waals surface area contributed by atoms with Crippen molar-refractivity contribution >= 4 is 34.8 Å². The van der Waals surface area contributed by atoms with Crippen LogP contribution in [0.5, 0.6) is 0 Å². The summed E-state index contributed by atoms with van der Waals surface area (Å²) in [6.45, 7) is 3.96. The summed E-state index contributed by atoms with van der Waals surface area (Å²) in [5, 5.41) is 7.51. The summed E-state index contributed by atoms with van der Waals surface area (Å²) in [5.74, 6) is 2.21. The molecule has 2 aromatic heterocycles. The van der Waals surface area contributed by atoms with Gasteiger partial charge < -0.3 is 5.32 Å². The lowest BCUT2D eigenvalue weighted by Crippen LogP contribution is -2.42. The molecular formula is C11H15Cl2N5. The maximum atomic E-state index is 6.03. The Hall–Kier alpha value is -1.07. The summed E-state index contributed by atoms with van der Waals surface area (Å²) in [4.78, 5) is 8.37. The van der Waals surface area contributed by atoms with E-state index in [-0.39, 0.29) is 5.54 Å². The number of nitrogens with zero attached hydrogens (tertiary/aromatic N) is 4. The highest BCUT2D eigenvalue weighted by molar-refractivity contribution is 6.22. The first-order valence-electron chi connectivity index (χ1n) is 5.71. The summed E-state index contributed by atoms with van der Waals surface area (Å²) in [6.07, 6.45) is 2.29. The average Bonchev–Trinajstić information content (AvgIpc) is 2.84. The highest BCUT2D eigenvalue weighted by Crippen LogP contribution is 2.22. The third-order valence-corrected chi connectivity index (χ3v) is 3.98. The zero-order valence-corrected chi connectivity index (χ0v) is 11.8. The minimum atomic E-state index is -0.351. The molecule has 5 nitrogen and oxygen atoms in total. The van der Waals surface area contributed by atoms with Gasteiger partial charge in [-0.2, -0.15) is 14.6 Å². The lowest BCUT2D eigenvalue weighted by atomic mass is 10.0. The van der Waals surface area contributed by atoms with E-state index < -0.39 is 0 Å². The van der Waals surface area contributed by atoms with Crippen molar-refractivity contribution in [3.05, 3.63) is 18.1 Å². The molecule has 0 fully saturated rings. The molecule has 0 aliphatic heterocycles. The quantitative estimate of drug-likeness (QED) is 0.859. The van der Waals surface area contributed by atoms with E-state index >= 15 is 0 Å². The maximum Gasteiger partial charge on any atom is 0.254 e. The molecule has 2 rings (SSSR count). The highest BCUT2D eigenvalue weighted by Gasteiger charge is 2.27. The molecule has 7 heteroatoms. The Labute approximate surface area is 116 Å². The van der Waals surface area contributed by atoms with Gasteiger partial charge in [-0.1, -0.05) is 6.92 Å². The molecule has 98 valence electrons. The molecule has 0 bridgehead atoms. The van der Waals surface area contributed by atoms with Gasteiger partial charge in [0.2, 0.25) is 0 Å². The van der Waals surface area contributed by atoms with Crippen LogP contribution in [0.4, 0.5) is 5.82 Å². The molecule has 1 N–H and O–H groups in total. The summed E-state index contributed by atoms with van der Waals surface area (Å²) < 4.78 is 1.65. The third-order valence-electron chi connectivity index (χ3n) is 2.96. The van der Waals surface area contributed by atoms with Gasteiger partial charge in [0.05, 0.1) is 5.54 Å². The number of nitrogens with one attached hydrogen (secondary N) is 1. The third kappa shape index (κ3) is 2.37. The van der Waals surface area contributed by atoms with Crippen LogP contribution in [-0.4, -0.2) is 36.9 Å². The SMILES string of the molecule is CCC(CCl)(CCl)Nc1cc(C)nc2ncnn12. The Bertz CT molecular complexity index is 527. The normalized spacial score (nSPS) is 12.0. The number of hydrogen-bond donors (Lipinski definition) is 1. The van der Waals surface area contributed by atoms with Crippen molar-refractivity contribution in [3.8, 4) is 0 Å². The summed E-state index contributed by atoms with van der Waals surface area (Å²) in [6, 6.07) is 1.91. The van der Waals surface area contributed by atoms with Crippen LogP contribution in [0.2, 0.25) is 0 Å². The van der Waals surface area contributed by atoms with Crippen LogP contribution in [-0.2, 0) is 0 Å². The second-order valence-electron chi connectivity index (χ2n) is 4.28. The monoisotopic (exact) mass is 287 g/mol. The van der Waals surface area contributed by atoms with Crippen molar-refractivity contribution in [1.29, 1.82) is 0 Å². The number of aryl methyl sites for hydroxylation is 1. The molecule has 2 heterocycles. The predicted octanol–water partition coefficient (Wildman–Crippen LogP) is 2.47. The van der Waals surface area contributed by atoms with Crippen LogP contribution < -0.4 is 5.32 Å². The molecule has 0 aromatic carbocycles. The van der Waals surface area contributed by atoms with Crippen LogP contribution in [0.1, 0.15) is 19.0 Å². The number of alkyl halides is 2. The Morgan fingerprint density at radius 2 is 2.11 bits per heavy atom. The van der Waals surface area contributed by atoms with Crippen LogP contribution in [0, 0.1) is 6.92 Å². The van der Waals surface area contributed by atoms with E-state index in [1.54, 1.807) is 4.52 Å². The standard InChI is InChI=1S/C11H15Cl2N5/c1-3-11(5-12,6-13)17-9-4-8(2)16-10-14-7-15-18(9)10/h4,7,17H,3,5-6H2,1-2H3. The van der Waals surface area contributed by atoms with Gasteiger partial charge in [0.15, 0.2) is 0 Å². The first-order chi connectivity index (χ1) is 8.64. The lowest BCUT2D eigenvalue weighted by Gasteiger charge is -2.30. The molecule has 2 aromatic rings. The summed E-state index contributed by atoms with van der Waals surface area (Å²) in [7, 11) is 0. The second kappa shape index (κ2) is 5.28. The molecule has 0 spiro atoms. The van der Waals surface area contributed by atoms with E-state index in [0.717, 1.165) is 17.9 Å². The van der Waals surface area contributed by atoms with Crippen molar-refractivity contribution in [3.63, 3.8) is 0 Å². The van der Waals surface area contributed by atoms with Crippen molar-refractivity contribution in [1.82, 2.24) is 19.6 Å². The smallest absolute Gasteiger partial charge is 0.254 e. The minimum Gasteiger partial charge on any atom is -0.362 e. The molecule has 0 aliphatic rings. The fourth-order valence-corrected chi connectivity index (χ4v) is 2.47. The molecule has 18 heavy (non-hydrogen) atoms. The van der Waals surface area contributed by atoms with Crippen molar-refractivity contribution in [2.24, 2.45) is 0 Å². The van der Waals surface area contributed by atoms with Gasteiger partial charge in [-0.3, -0.25) is 0 Å². The van der Waals surface area contributed by atoms with Gasteiger partial charge in [-0.25, -0.2) is 4.98 Å².